The van der Waals surface area contributed by atoms with Gasteiger partial charge in [0, 0.05) is 24.3 Å². The number of unbranched alkanes of at least 4 members (excludes halogenated alkanes) is 1. The van der Waals surface area contributed by atoms with E-state index < -0.39 is 30.4 Å². The maximum atomic E-state index is 12.5. The monoisotopic (exact) mass is 466 g/mol. The summed E-state index contributed by atoms with van der Waals surface area (Å²) in [7, 11) is 0. The number of carbonyl (C=O) groups is 4. The highest BCUT2D eigenvalue weighted by atomic mass is 16.5. The lowest BCUT2D eigenvalue weighted by molar-refractivity contribution is -0.151. The summed E-state index contributed by atoms with van der Waals surface area (Å²) >= 11 is 0. The molecule has 2 amide bonds. The van der Waals surface area contributed by atoms with Crippen LogP contribution in [0, 0.1) is 19.8 Å². The Morgan fingerprint density at radius 3 is 2.44 bits per heavy atom. The lowest BCUT2D eigenvalue weighted by Crippen LogP contribution is -2.28. The molecule has 1 aliphatic heterocycles. The number of ether oxygens (including phenoxy) is 2. The van der Waals surface area contributed by atoms with E-state index in [0.717, 1.165) is 24.0 Å². The van der Waals surface area contributed by atoms with Gasteiger partial charge in [-0.15, -0.1) is 0 Å². The Morgan fingerprint density at radius 1 is 1.03 bits per heavy atom. The minimum atomic E-state index is -0.666. The second-order valence-electron chi connectivity index (χ2n) is 8.40. The third-order valence-corrected chi connectivity index (χ3v) is 5.74. The first-order valence-corrected chi connectivity index (χ1v) is 11.4. The highest BCUT2D eigenvalue weighted by molar-refractivity contribution is 6.00. The quantitative estimate of drug-likeness (QED) is 0.446. The number of esters is 2. The van der Waals surface area contributed by atoms with Crippen molar-refractivity contribution in [1.82, 2.24) is 0 Å². The number of amides is 2. The van der Waals surface area contributed by atoms with Crippen molar-refractivity contribution in [3.63, 3.8) is 0 Å². The molecule has 180 valence electrons. The van der Waals surface area contributed by atoms with Gasteiger partial charge in [0.15, 0.2) is 6.61 Å². The SMILES string of the molecule is CCCCOC(=O)c1ccc(N2C[C@H](C(=O)OCC(=O)Nc3ccc(C)c(C)c3)CC2=O)cc1. The molecule has 1 atom stereocenters. The zero-order valence-electron chi connectivity index (χ0n) is 19.8. The maximum Gasteiger partial charge on any atom is 0.338 e. The molecule has 8 heteroatoms. The van der Waals surface area contributed by atoms with E-state index in [2.05, 4.69) is 5.32 Å². The van der Waals surface area contributed by atoms with Crippen LogP contribution in [0.3, 0.4) is 0 Å². The Balaban J connectivity index is 1.50. The van der Waals surface area contributed by atoms with Crippen molar-refractivity contribution in [2.24, 2.45) is 5.92 Å². The van der Waals surface area contributed by atoms with Gasteiger partial charge in [-0.3, -0.25) is 14.4 Å². The lowest BCUT2D eigenvalue weighted by atomic mass is 10.1. The summed E-state index contributed by atoms with van der Waals surface area (Å²) < 4.78 is 10.3. The smallest absolute Gasteiger partial charge is 0.338 e. The molecule has 1 heterocycles. The molecule has 1 N–H and O–H groups in total. The van der Waals surface area contributed by atoms with E-state index in [9.17, 15) is 19.2 Å². The third-order valence-electron chi connectivity index (χ3n) is 5.74. The number of nitrogens with zero attached hydrogens (tertiary/aromatic N) is 1. The number of hydrogen-bond acceptors (Lipinski definition) is 6. The molecule has 0 bridgehead atoms. The molecule has 0 radical (unpaired) electrons. The molecule has 8 nitrogen and oxygen atoms in total. The summed E-state index contributed by atoms with van der Waals surface area (Å²) in [5, 5.41) is 2.70. The summed E-state index contributed by atoms with van der Waals surface area (Å²) in [5.74, 6) is -2.34. The molecule has 0 aromatic heterocycles. The highest BCUT2D eigenvalue weighted by Crippen LogP contribution is 2.26. The third kappa shape index (κ3) is 6.43. The molecule has 34 heavy (non-hydrogen) atoms. The van der Waals surface area contributed by atoms with Crippen molar-refractivity contribution in [1.29, 1.82) is 0 Å². The summed E-state index contributed by atoms with van der Waals surface area (Å²) in [6.07, 6.45) is 1.74. The van der Waals surface area contributed by atoms with E-state index in [-0.39, 0.29) is 18.9 Å². The Kier molecular flexibility index (Phi) is 8.40. The molecule has 0 saturated carbocycles. The van der Waals surface area contributed by atoms with Gasteiger partial charge >= 0.3 is 11.9 Å². The van der Waals surface area contributed by atoms with Crippen molar-refractivity contribution in [3.05, 3.63) is 59.2 Å². The first-order chi connectivity index (χ1) is 16.3. The number of nitrogens with one attached hydrogen (secondary N) is 1. The van der Waals surface area contributed by atoms with E-state index in [4.69, 9.17) is 9.47 Å². The average Bonchev–Trinajstić information content (AvgIpc) is 3.21. The Bertz CT molecular complexity index is 1060. The number of hydrogen-bond donors (Lipinski definition) is 1. The highest BCUT2D eigenvalue weighted by Gasteiger charge is 2.36. The molecule has 2 aromatic rings. The fourth-order valence-corrected chi connectivity index (χ4v) is 3.56. The van der Waals surface area contributed by atoms with Crippen LogP contribution in [0.25, 0.3) is 0 Å². The molecule has 0 unspecified atom stereocenters. The van der Waals surface area contributed by atoms with Gasteiger partial charge in [0.25, 0.3) is 5.91 Å². The van der Waals surface area contributed by atoms with Crippen LogP contribution < -0.4 is 10.2 Å². The summed E-state index contributed by atoms with van der Waals surface area (Å²) in [5.41, 5.74) is 3.77. The van der Waals surface area contributed by atoms with Crippen LogP contribution in [0.5, 0.6) is 0 Å². The van der Waals surface area contributed by atoms with E-state index in [1.54, 1.807) is 30.3 Å². The van der Waals surface area contributed by atoms with Gasteiger partial charge in [0.2, 0.25) is 5.91 Å². The van der Waals surface area contributed by atoms with Gasteiger partial charge in [-0.1, -0.05) is 19.4 Å². The number of anilines is 2. The number of benzene rings is 2. The fourth-order valence-electron chi connectivity index (χ4n) is 3.56. The van der Waals surface area contributed by atoms with Gasteiger partial charge in [-0.25, -0.2) is 4.79 Å². The van der Waals surface area contributed by atoms with Crippen LogP contribution in [0.1, 0.15) is 47.7 Å². The maximum absolute atomic E-state index is 12.5. The molecule has 3 rings (SSSR count). The van der Waals surface area contributed by atoms with Gasteiger partial charge in [0.05, 0.1) is 18.1 Å². The summed E-state index contributed by atoms with van der Waals surface area (Å²) in [6, 6.07) is 12.0. The molecule has 2 aromatic carbocycles. The van der Waals surface area contributed by atoms with E-state index in [1.165, 1.54) is 4.90 Å². The van der Waals surface area contributed by atoms with Gasteiger partial charge in [0.1, 0.15) is 0 Å². The standard InChI is InChI=1S/C26H30N2O6/c1-4-5-12-33-25(31)19-7-10-22(11-8-19)28-15-20(14-24(28)30)26(32)34-16-23(29)27-21-9-6-17(2)18(3)13-21/h6-11,13,20H,4-5,12,14-16H2,1-3H3,(H,27,29)/t20-/m1/s1. The Labute approximate surface area is 199 Å². The van der Waals surface area contributed by atoms with Crippen molar-refractivity contribution in [2.75, 3.05) is 30.0 Å². The van der Waals surface area contributed by atoms with Gasteiger partial charge in [-0.2, -0.15) is 0 Å². The number of aryl methyl sites for hydroxylation is 2. The van der Waals surface area contributed by atoms with Crippen molar-refractivity contribution in [3.8, 4) is 0 Å². The zero-order chi connectivity index (χ0) is 24.7. The van der Waals surface area contributed by atoms with Crippen molar-refractivity contribution < 1.29 is 28.7 Å². The largest absolute Gasteiger partial charge is 0.462 e. The topological polar surface area (TPSA) is 102 Å². The fraction of sp³-hybridized carbons (Fsp3) is 0.385. The molecular formula is C26H30N2O6. The summed E-state index contributed by atoms with van der Waals surface area (Å²) in [6.45, 7) is 6.03. The Morgan fingerprint density at radius 2 is 1.76 bits per heavy atom. The van der Waals surface area contributed by atoms with Crippen LogP contribution in [-0.4, -0.2) is 43.5 Å². The van der Waals surface area contributed by atoms with Crippen LogP contribution >= 0.6 is 0 Å². The van der Waals surface area contributed by atoms with Crippen LogP contribution in [-0.2, 0) is 23.9 Å². The van der Waals surface area contributed by atoms with Crippen molar-refractivity contribution in [2.45, 2.75) is 40.0 Å². The predicted octanol–water partition coefficient (Wildman–Crippen LogP) is 3.80. The molecule has 0 aliphatic carbocycles. The Hall–Kier alpha value is -3.68. The van der Waals surface area contributed by atoms with Crippen LogP contribution in [0.15, 0.2) is 42.5 Å². The van der Waals surface area contributed by atoms with E-state index in [1.807, 2.05) is 32.9 Å². The number of rotatable bonds is 9. The second kappa shape index (κ2) is 11.4. The lowest BCUT2D eigenvalue weighted by Gasteiger charge is -2.17. The van der Waals surface area contributed by atoms with Gasteiger partial charge < -0.3 is 19.7 Å². The number of carbonyl (C=O) groups excluding carboxylic acids is 4. The molecule has 1 saturated heterocycles. The average molecular weight is 467 g/mol. The molecular weight excluding hydrogens is 436 g/mol. The minimum Gasteiger partial charge on any atom is -0.462 e. The van der Waals surface area contributed by atoms with Gasteiger partial charge in [-0.05, 0) is 67.8 Å². The van der Waals surface area contributed by atoms with Crippen LogP contribution in [0.4, 0.5) is 11.4 Å². The molecule has 1 aliphatic rings. The second-order valence-corrected chi connectivity index (χ2v) is 8.40. The zero-order valence-corrected chi connectivity index (χ0v) is 19.8. The van der Waals surface area contributed by atoms with Crippen LogP contribution in [0.2, 0.25) is 0 Å². The first kappa shape index (κ1) is 25.0. The molecule has 1 fully saturated rings. The molecule has 0 spiro atoms. The first-order valence-electron chi connectivity index (χ1n) is 11.4. The van der Waals surface area contributed by atoms with Crippen molar-refractivity contribution >= 4 is 35.1 Å². The minimum absolute atomic E-state index is 0.00157. The van der Waals surface area contributed by atoms with E-state index in [0.29, 0.717) is 23.5 Å². The predicted molar refractivity (Wildman–Crippen MR) is 128 cm³/mol. The van der Waals surface area contributed by atoms with E-state index >= 15 is 0 Å². The summed E-state index contributed by atoms with van der Waals surface area (Å²) in [4.78, 5) is 50.6. The normalized spacial score (nSPS) is 15.2.